The lowest BCUT2D eigenvalue weighted by atomic mass is 10.4. The number of rotatable bonds is 5. The van der Waals surface area contributed by atoms with Crippen molar-refractivity contribution in [1.29, 1.82) is 0 Å². The molecule has 5 nitrogen and oxygen atoms in total. The van der Waals surface area contributed by atoms with Crippen molar-refractivity contribution < 1.29 is 13.3 Å². The number of sulfonamides is 1. The van der Waals surface area contributed by atoms with Crippen LogP contribution in [0.5, 0.6) is 0 Å². The molecule has 3 N–H and O–H groups in total. The maximum Gasteiger partial charge on any atom is 0.240 e. The van der Waals surface area contributed by atoms with E-state index in [0.29, 0.717) is 0 Å². The topological polar surface area (TPSA) is 81.4 Å². The van der Waals surface area contributed by atoms with Gasteiger partial charge in [0.25, 0.3) is 0 Å². The molecule has 1 aromatic carbocycles. The Hall–Kier alpha value is -0.950. The zero-order valence-electron chi connectivity index (χ0n) is 7.51. The molecule has 78 valence electrons. The molecule has 0 aliphatic carbocycles. The molecule has 1 rings (SSSR count). The molecule has 0 aromatic heterocycles. The number of hydrogen-bond acceptors (Lipinski definition) is 4. The Morgan fingerprint density at radius 3 is 2.50 bits per heavy atom. The third kappa shape index (κ3) is 3.08. The molecule has 14 heavy (non-hydrogen) atoms. The summed E-state index contributed by atoms with van der Waals surface area (Å²) in [6, 6.07) is 8.11. The fourth-order valence-electron chi connectivity index (χ4n) is 0.918. The number of nitrogens with two attached hydrogens (primary N) is 1. The highest BCUT2D eigenvalue weighted by Crippen LogP contribution is 2.06. The average Bonchev–Trinajstić information content (AvgIpc) is 2.19. The first-order chi connectivity index (χ1) is 6.67. The minimum atomic E-state index is -3.42. The summed E-state index contributed by atoms with van der Waals surface area (Å²) >= 11 is 0. The van der Waals surface area contributed by atoms with Crippen LogP contribution in [0.4, 0.5) is 0 Å². The zero-order valence-corrected chi connectivity index (χ0v) is 8.33. The zero-order chi connectivity index (χ0) is 10.4. The molecular weight excluding hydrogens is 204 g/mol. The second kappa shape index (κ2) is 5.06. The van der Waals surface area contributed by atoms with Crippen molar-refractivity contribution in [1.82, 2.24) is 4.72 Å². The molecule has 0 amide bonds. The minimum Gasteiger partial charge on any atom is -0.303 e. The van der Waals surface area contributed by atoms with Gasteiger partial charge in [-0.25, -0.2) is 19.0 Å². The van der Waals surface area contributed by atoms with E-state index < -0.39 is 10.0 Å². The van der Waals surface area contributed by atoms with Crippen LogP contribution in [0.3, 0.4) is 0 Å². The minimum absolute atomic E-state index is 0.145. The highest BCUT2D eigenvalue weighted by atomic mass is 32.2. The van der Waals surface area contributed by atoms with E-state index in [9.17, 15) is 8.42 Å². The highest BCUT2D eigenvalue weighted by Gasteiger charge is 2.11. The summed E-state index contributed by atoms with van der Waals surface area (Å²) in [4.78, 5) is 4.48. The van der Waals surface area contributed by atoms with Crippen LogP contribution in [0.2, 0.25) is 0 Å². The lowest BCUT2D eigenvalue weighted by Crippen LogP contribution is -2.28. The Labute approximate surface area is 82.9 Å². The van der Waals surface area contributed by atoms with Gasteiger partial charge in [0, 0.05) is 6.54 Å². The Morgan fingerprint density at radius 1 is 1.29 bits per heavy atom. The molecule has 0 saturated carbocycles. The Bertz CT molecular complexity index is 363. The second-order valence-corrected chi connectivity index (χ2v) is 4.35. The lowest BCUT2D eigenvalue weighted by Gasteiger charge is -2.04. The molecule has 0 aliphatic rings. The first-order valence-electron chi connectivity index (χ1n) is 4.03. The molecule has 0 saturated heterocycles. The van der Waals surface area contributed by atoms with Crippen LogP contribution in [-0.2, 0) is 14.9 Å². The maximum absolute atomic E-state index is 11.5. The molecule has 0 aliphatic heterocycles. The molecule has 0 fully saturated rings. The first kappa shape index (κ1) is 11.1. The summed E-state index contributed by atoms with van der Waals surface area (Å²) in [5.41, 5.74) is 0. The van der Waals surface area contributed by atoms with Crippen molar-refractivity contribution in [2.75, 3.05) is 13.2 Å². The monoisotopic (exact) mass is 216 g/mol. The van der Waals surface area contributed by atoms with E-state index in [1.54, 1.807) is 18.2 Å². The lowest BCUT2D eigenvalue weighted by molar-refractivity contribution is 0.143. The SMILES string of the molecule is NOCCNS(=O)(=O)c1ccccc1. The van der Waals surface area contributed by atoms with Crippen LogP contribution in [-0.4, -0.2) is 21.6 Å². The van der Waals surface area contributed by atoms with Crippen LogP contribution in [0, 0.1) is 0 Å². The predicted octanol–water partition coefficient (Wildman–Crippen LogP) is -0.145. The van der Waals surface area contributed by atoms with E-state index in [1.165, 1.54) is 12.1 Å². The van der Waals surface area contributed by atoms with Crippen LogP contribution < -0.4 is 10.6 Å². The molecule has 0 bridgehead atoms. The van der Waals surface area contributed by atoms with E-state index in [0.717, 1.165) is 0 Å². The van der Waals surface area contributed by atoms with E-state index >= 15 is 0 Å². The van der Waals surface area contributed by atoms with Gasteiger partial charge in [-0.15, -0.1) is 0 Å². The number of benzene rings is 1. The van der Waals surface area contributed by atoms with Gasteiger partial charge in [0.15, 0.2) is 0 Å². The van der Waals surface area contributed by atoms with Gasteiger partial charge in [0.1, 0.15) is 0 Å². The summed E-state index contributed by atoms with van der Waals surface area (Å²) in [6.07, 6.45) is 0. The van der Waals surface area contributed by atoms with Crippen LogP contribution in [0.1, 0.15) is 0 Å². The maximum atomic E-state index is 11.5. The van der Waals surface area contributed by atoms with E-state index in [4.69, 9.17) is 5.90 Å². The van der Waals surface area contributed by atoms with Gasteiger partial charge in [-0.3, -0.25) is 0 Å². The summed E-state index contributed by atoms with van der Waals surface area (Å²) in [5, 5.41) is 0. The van der Waals surface area contributed by atoms with Gasteiger partial charge in [-0.1, -0.05) is 18.2 Å². The first-order valence-corrected chi connectivity index (χ1v) is 5.51. The van der Waals surface area contributed by atoms with Crippen molar-refractivity contribution in [2.45, 2.75) is 4.90 Å². The quantitative estimate of drug-likeness (QED) is 0.530. The van der Waals surface area contributed by atoms with Gasteiger partial charge >= 0.3 is 0 Å². The summed E-state index contributed by atoms with van der Waals surface area (Å²) in [6.45, 7) is 0.305. The normalized spacial score (nSPS) is 11.5. The predicted molar refractivity (Wildman–Crippen MR) is 51.8 cm³/mol. The largest absolute Gasteiger partial charge is 0.303 e. The van der Waals surface area contributed by atoms with E-state index in [-0.39, 0.29) is 18.0 Å². The van der Waals surface area contributed by atoms with E-state index in [1.807, 2.05) is 0 Å². The standard InChI is InChI=1S/C8H12N2O3S/c9-13-7-6-10-14(11,12)8-4-2-1-3-5-8/h1-5,10H,6-7,9H2. The van der Waals surface area contributed by atoms with Crippen molar-refractivity contribution >= 4 is 10.0 Å². The van der Waals surface area contributed by atoms with Gasteiger partial charge < -0.3 is 4.84 Å². The third-order valence-corrected chi connectivity index (χ3v) is 3.04. The summed E-state index contributed by atoms with van der Waals surface area (Å²) in [5.74, 6) is 4.76. The summed E-state index contributed by atoms with van der Waals surface area (Å²) < 4.78 is 25.3. The van der Waals surface area contributed by atoms with Crippen molar-refractivity contribution in [3.05, 3.63) is 30.3 Å². The molecule has 0 unspecified atom stereocenters. The van der Waals surface area contributed by atoms with Gasteiger partial charge in [-0.2, -0.15) is 0 Å². The number of hydrogen-bond donors (Lipinski definition) is 2. The van der Waals surface area contributed by atoms with Gasteiger partial charge in [0.2, 0.25) is 10.0 Å². The molecule has 6 heteroatoms. The average molecular weight is 216 g/mol. The molecule has 0 radical (unpaired) electrons. The highest BCUT2D eigenvalue weighted by molar-refractivity contribution is 7.89. The molecule has 0 spiro atoms. The Morgan fingerprint density at radius 2 is 1.93 bits per heavy atom. The third-order valence-electron chi connectivity index (χ3n) is 1.57. The van der Waals surface area contributed by atoms with Crippen molar-refractivity contribution in [3.63, 3.8) is 0 Å². The fraction of sp³-hybridized carbons (Fsp3) is 0.250. The summed E-state index contributed by atoms with van der Waals surface area (Å²) in [7, 11) is -3.42. The molecule has 1 aromatic rings. The molecule has 0 heterocycles. The van der Waals surface area contributed by atoms with Crippen LogP contribution in [0.15, 0.2) is 35.2 Å². The van der Waals surface area contributed by atoms with Gasteiger partial charge in [0.05, 0.1) is 11.5 Å². The Balaban J connectivity index is 2.67. The van der Waals surface area contributed by atoms with Crippen LogP contribution >= 0.6 is 0 Å². The van der Waals surface area contributed by atoms with Crippen molar-refractivity contribution in [2.24, 2.45) is 5.90 Å². The van der Waals surface area contributed by atoms with E-state index in [2.05, 4.69) is 9.56 Å². The smallest absolute Gasteiger partial charge is 0.240 e. The van der Waals surface area contributed by atoms with Crippen molar-refractivity contribution in [3.8, 4) is 0 Å². The van der Waals surface area contributed by atoms with Gasteiger partial charge in [-0.05, 0) is 12.1 Å². The van der Waals surface area contributed by atoms with Crippen LogP contribution in [0.25, 0.3) is 0 Å². The fourth-order valence-corrected chi connectivity index (χ4v) is 1.95. The number of nitrogens with one attached hydrogen (secondary N) is 1. The molecular formula is C8H12N2O3S. The second-order valence-electron chi connectivity index (χ2n) is 2.58. The molecule has 0 atom stereocenters. The Kier molecular flexibility index (Phi) is 4.02.